The monoisotopic (exact) mass is 284 g/mol. The lowest BCUT2D eigenvalue weighted by atomic mass is 9.99. The Hall–Kier alpha value is -1.16. The van der Waals surface area contributed by atoms with Crippen LogP contribution >= 0.6 is 23.2 Å². The van der Waals surface area contributed by atoms with Gasteiger partial charge in [0.1, 0.15) is 5.82 Å². The molecular formula is C13H11Cl2FN2. The topological polar surface area (TPSA) is 24.9 Å². The molecule has 0 aliphatic heterocycles. The number of halogens is 3. The highest BCUT2D eigenvalue weighted by Gasteiger charge is 2.18. The summed E-state index contributed by atoms with van der Waals surface area (Å²) in [7, 11) is 1.74. The molecule has 0 saturated heterocycles. The van der Waals surface area contributed by atoms with Crippen molar-refractivity contribution in [3.63, 3.8) is 0 Å². The minimum absolute atomic E-state index is 0.362. The van der Waals surface area contributed by atoms with Gasteiger partial charge >= 0.3 is 0 Å². The fourth-order valence-corrected chi connectivity index (χ4v) is 2.24. The largest absolute Gasteiger partial charge is 0.309 e. The lowest BCUT2D eigenvalue weighted by Crippen LogP contribution is -2.19. The van der Waals surface area contributed by atoms with Crippen LogP contribution in [0, 0.1) is 5.82 Å². The van der Waals surface area contributed by atoms with Crippen molar-refractivity contribution in [2.45, 2.75) is 6.04 Å². The molecule has 0 aliphatic carbocycles. The molecule has 0 aliphatic rings. The number of rotatable bonds is 3. The van der Waals surface area contributed by atoms with Gasteiger partial charge in [0.2, 0.25) is 0 Å². The van der Waals surface area contributed by atoms with Crippen molar-refractivity contribution in [2.24, 2.45) is 0 Å². The van der Waals surface area contributed by atoms with Crippen LogP contribution in [0.3, 0.4) is 0 Å². The van der Waals surface area contributed by atoms with E-state index >= 15 is 0 Å². The molecule has 0 spiro atoms. The summed E-state index contributed by atoms with van der Waals surface area (Å²) in [6.07, 6.45) is 2.72. The van der Waals surface area contributed by atoms with Crippen LogP contribution in [0.25, 0.3) is 0 Å². The van der Waals surface area contributed by atoms with E-state index in [0.717, 1.165) is 5.56 Å². The number of nitrogens with one attached hydrogen (secondary N) is 1. The van der Waals surface area contributed by atoms with Gasteiger partial charge in [0.15, 0.2) is 0 Å². The first-order valence-electron chi connectivity index (χ1n) is 5.35. The van der Waals surface area contributed by atoms with Crippen molar-refractivity contribution in [3.05, 3.63) is 63.6 Å². The molecule has 0 fully saturated rings. The summed E-state index contributed by atoms with van der Waals surface area (Å²) < 4.78 is 13.8. The Labute approximate surface area is 115 Å². The first-order chi connectivity index (χ1) is 8.63. The zero-order valence-electron chi connectivity index (χ0n) is 9.62. The van der Waals surface area contributed by atoms with Gasteiger partial charge in [-0.05, 0) is 36.9 Å². The highest BCUT2D eigenvalue weighted by molar-refractivity contribution is 6.33. The van der Waals surface area contributed by atoms with E-state index in [1.165, 1.54) is 6.20 Å². The highest BCUT2D eigenvalue weighted by Crippen LogP contribution is 2.31. The number of aromatic nitrogens is 1. The van der Waals surface area contributed by atoms with Gasteiger partial charge in [0, 0.05) is 21.8 Å². The molecule has 5 heteroatoms. The van der Waals surface area contributed by atoms with Gasteiger partial charge in [-0.25, -0.2) is 4.39 Å². The summed E-state index contributed by atoms with van der Waals surface area (Å²) in [5, 5.41) is 4.13. The van der Waals surface area contributed by atoms with Crippen molar-refractivity contribution < 1.29 is 4.39 Å². The van der Waals surface area contributed by atoms with Crippen LogP contribution in [0.4, 0.5) is 4.39 Å². The first-order valence-corrected chi connectivity index (χ1v) is 6.10. The maximum atomic E-state index is 13.8. The van der Waals surface area contributed by atoms with E-state index in [9.17, 15) is 4.39 Å². The van der Waals surface area contributed by atoms with Crippen molar-refractivity contribution in [1.29, 1.82) is 0 Å². The molecule has 1 atom stereocenters. The Kier molecular flexibility index (Phi) is 4.17. The van der Waals surface area contributed by atoms with Gasteiger partial charge in [-0.1, -0.05) is 23.2 Å². The van der Waals surface area contributed by atoms with Gasteiger partial charge in [-0.2, -0.15) is 0 Å². The molecule has 1 aromatic carbocycles. The summed E-state index contributed by atoms with van der Waals surface area (Å²) in [6, 6.07) is 6.38. The molecule has 0 radical (unpaired) electrons. The van der Waals surface area contributed by atoms with E-state index in [-0.39, 0.29) is 11.9 Å². The lowest BCUT2D eigenvalue weighted by molar-refractivity contribution is 0.571. The predicted octanol–water partition coefficient (Wildman–Crippen LogP) is 3.84. The van der Waals surface area contributed by atoms with E-state index in [1.54, 1.807) is 37.5 Å². The zero-order chi connectivity index (χ0) is 13.1. The van der Waals surface area contributed by atoms with E-state index in [1.807, 2.05) is 0 Å². The smallest absolute Gasteiger partial charge is 0.146 e. The molecule has 2 aromatic rings. The molecule has 1 N–H and O–H groups in total. The number of nitrogens with zero attached hydrogens (tertiary/aromatic N) is 1. The Balaban J connectivity index is 2.52. The average molecular weight is 285 g/mol. The number of pyridine rings is 1. The van der Waals surface area contributed by atoms with Crippen LogP contribution in [0.2, 0.25) is 10.0 Å². The SMILES string of the molecule is CNC(c1ccncc1F)c1cc(Cl)ccc1Cl. The Bertz CT molecular complexity index is 560. The quantitative estimate of drug-likeness (QED) is 0.926. The zero-order valence-corrected chi connectivity index (χ0v) is 11.1. The molecule has 2 nitrogen and oxygen atoms in total. The van der Waals surface area contributed by atoms with Crippen LogP contribution in [0.5, 0.6) is 0 Å². The molecule has 2 rings (SSSR count). The van der Waals surface area contributed by atoms with Gasteiger partial charge in [0.05, 0.1) is 12.2 Å². The van der Waals surface area contributed by atoms with Crippen LogP contribution in [0.15, 0.2) is 36.7 Å². The Morgan fingerprint density at radius 3 is 2.67 bits per heavy atom. The Morgan fingerprint density at radius 2 is 2.00 bits per heavy atom. The fraction of sp³-hybridized carbons (Fsp3) is 0.154. The molecule has 0 amide bonds. The minimum atomic E-state index is -0.382. The summed E-state index contributed by atoms with van der Waals surface area (Å²) in [4.78, 5) is 3.73. The molecule has 0 bridgehead atoms. The number of hydrogen-bond donors (Lipinski definition) is 1. The highest BCUT2D eigenvalue weighted by atomic mass is 35.5. The molecule has 18 heavy (non-hydrogen) atoms. The lowest BCUT2D eigenvalue weighted by Gasteiger charge is -2.19. The van der Waals surface area contributed by atoms with Crippen LogP contribution in [-0.4, -0.2) is 12.0 Å². The molecule has 1 unspecified atom stereocenters. The summed E-state index contributed by atoms with van der Waals surface area (Å²) in [5.41, 5.74) is 1.22. The van der Waals surface area contributed by atoms with E-state index in [0.29, 0.717) is 15.6 Å². The van der Waals surface area contributed by atoms with Gasteiger partial charge in [-0.15, -0.1) is 0 Å². The van der Waals surface area contributed by atoms with Gasteiger partial charge in [-0.3, -0.25) is 4.98 Å². The van der Waals surface area contributed by atoms with Crippen molar-refractivity contribution in [2.75, 3.05) is 7.05 Å². The number of hydrogen-bond acceptors (Lipinski definition) is 2. The number of benzene rings is 1. The van der Waals surface area contributed by atoms with Crippen molar-refractivity contribution >= 4 is 23.2 Å². The minimum Gasteiger partial charge on any atom is -0.309 e. The third-order valence-corrected chi connectivity index (χ3v) is 3.25. The molecular weight excluding hydrogens is 274 g/mol. The second-order valence-corrected chi connectivity index (χ2v) is 4.63. The van der Waals surface area contributed by atoms with E-state index < -0.39 is 0 Å². The fourth-order valence-electron chi connectivity index (χ4n) is 1.83. The van der Waals surface area contributed by atoms with Crippen LogP contribution in [-0.2, 0) is 0 Å². The Morgan fingerprint density at radius 1 is 1.22 bits per heavy atom. The molecule has 1 aromatic heterocycles. The van der Waals surface area contributed by atoms with Crippen molar-refractivity contribution in [3.8, 4) is 0 Å². The second kappa shape index (κ2) is 5.65. The van der Waals surface area contributed by atoms with Gasteiger partial charge in [0.25, 0.3) is 0 Å². The van der Waals surface area contributed by atoms with E-state index in [4.69, 9.17) is 23.2 Å². The first kappa shape index (κ1) is 13.3. The molecule has 94 valence electrons. The van der Waals surface area contributed by atoms with Crippen LogP contribution in [0.1, 0.15) is 17.2 Å². The van der Waals surface area contributed by atoms with Gasteiger partial charge < -0.3 is 5.32 Å². The average Bonchev–Trinajstić information content (AvgIpc) is 2.36. The van der Waals surface area contributed by atoms with Crippen molar-refractivity contribution in [1.82, 2.24) is 10.3 Å². The molecule has 1 heterocycles. The maximum absolute atomic E-state index is 13.8. The normalized spacial score (nSPS) is 12.4. The predicted molar refractivity (Wildman–Crippen MR) is 71.6 cm³/mol. The van der Waals surface area contributed by atoms with E-state index in [2.05, 4.69) is 10.3 Å². The summed E-state index contributed by atoms with van der Waals surface area (Å²) in [5.74, 6) is -0.382. The third kappa shape index (κ3) is 2.64. The summed E-state index contributed by atoms with van der Waals surface area (Å²) in [6.45, 7) is 0. The molecule has 0 saturated carbocycles. The summed E-state index contributed by atoms with van der Waals surface area (Å²) >= 11 is 12.1. The standard InChI is InChI=1S/C13H11Cl2FN2/c1-17-13(9-4-5-18-7-12(9)16)10-6-8(14)2-3-11(10)15/h2-7,13,17H,1H3. The second-order valence-electron chi connectivity index (χ2n) is 3.78. The maximum Gasteiger partial charge on any atom is 0.146 e. The van der Waals surface area contributed by atoms with Crippen LogP contribution < -0.4 is 5.32 Å². The third-order valence-electron chi connectivity index (χ3n) is 2.67.